The maximum absolute atomic E-state index is 12.1. The number of hydrogen-bond donors (Lipinski definition) is 0. The molecule has 0 aromatic carbocycles. The average Bonchev–Trinajstić information content (AvgIpc) is 2.94. The van der Waals surface area contributed by atoms with Gasteiger partial charge in [0, 0.05) is 13.0 Å². The van der Waals surface area contributed by atoms with Crippen LogP contribution in [0.25, 0.3) is 0 Å². The summed E-state index contributed by atoms with van der Waals surface area (Å²) in [5.41, 5.74) is -0.498. The summed E-state index contributed by atoms with van der Waals surface area (Å²) in [6, 6.07) is 1.68. The Bertz CT molecular complexity index is 577. The lowest BCUT2D eigenvalue weighted by Gasteiger charge is -2.24. The van der Waals surface area contributed by atoms with Crippen molar-refractivity contribution in [3.05, 3.63) is 6.07 Å². The maximum Gasteiger partial charge on any atom is 0.410 e. The molecule has 0 aliphatic carbocycles. The molecule has 7 nitrogen and oxygen atoms in total. The third-order valence-corrected chi connectivity index (χ3v) is 3.77. The zero-order chi connectivity index (χ0) is 17.7. The molecule has 134 valence electrons. The summed E-state index contributed by atoms with van der Waals surface area (Å²) < 4.78 is 16.8. The van der Waals surface area contributed by atoms with Crippen LogP contribution < -0.4 is 9.47 Å². The van der Waals surface area contributed by atoms with Crippen molar-refractivity contribution >= 4 is 17.9 Å². The molecule has 0 unspecified atom stereocenters. The van der Waals surface area contributed by atoms with Crippen molar-refractivity contribution in [2.75, 3.05) is 26.0 Å². The standard InChI is InChI=1S/C16H25N3O4S/c1-6-21-12-9-13(18-14(17-12)24-5)22-11-7-8-19(10-11)15(20)23-16(2,3)4/h9,11H,6-8,10H2,1-5H3/t11-/m1/s1. The van der Waals surface area contributed by atoms with Gasteiger partial charge in [-0.15, -0.1) is 0 Å². The zero-order valence-electron chi connectivity index (χ0n) is 14.9. The molecule has 2 heterocycles. The van der Waals surface area contributed by atoms with E-state index in [0.717, 1.165) is 6.42 Å². The number of thioether (sulfide) groups is 1. The summed E-state index contributed by atoms with van der Waals surface area (Å²) in [6.07, 6.45) is 2.21. The lowest BCUT2D eigenvalue weighted by atomic mass is 10.2. The third-order valence-electron chi connectivity index (χ3n) is 3.22. The van der Waals surface area contributed by atoms with Gasteiger partial charge in [0.1, 0.15) is 11.7 Å². The van der Waals surface area contributed by atoms with E-state index in [2.05, 4.69) is 9.97 Å². The van der Waals surface area contributed by atoms with Crippen molar-refractivity contribution in [3.8, 4) is 11.8 Å². The SMILES string of the molecule is CCOc1cc(O[C@@H]2CCN(C(=O)OC(C)(C)C)C2)nc(SC)n1. The minimum absolute atomic E-state index is 0.114. The van der Waals surface area contributed by atoms with Crippen LogP contribution in [0.4, 0.5) is 4.79 Å². The number of rotatable bonds is 5. The van der Waals surface area contributed by atoms with Crippen LogP contribution in [0.5, 0.6) is 11.8 Å². The molecular formula is C16H25N3O4S. The maximum atomic E-state index is 12.1. The van der Waals surface area contributed by atoms with Gasteiger partial charge in [-0.05, 0) is 34.0 Å². The second-order valence-electron chi connectivity index (χ2n) is 6.42. The van der Waals surface area contributed by atoms with Gasteiger partial charge in [-0.2, -0.15) is 9.97 Å². The van der Waals surface area contributed by atoms with Crippen LogP contribution in [0, 0.1) is 0 Å². The number of carbonyl (C=O) groups excluding carboxylic acids is 1. The molecule has 0 bridgehead atoms. The highest BCUT2D eigenvalue weighted by molar-refractivity contribution is 7.98. The summed E-state index contributed by atoms with van der Waals surface area (Å²) in [5, 5.41) is 0.595. The van der Waals surface area contributed by atoms with Crippen LogP contribution in [0.15, 0.2) is 11.2 Å². The monoisotopic (exact) mass is 355 g/mol. The van der Waals surface area contributed by atoms with E-state index < -0.39 is 5.60 Å². The Morgan fingerprint density at radius 1 is 1.38 bits per heavy atom. The normalized spacial score (nSPS) is 17.7. The van der Waals surface area contributed by atoms with Crippen molar-refractivity contribution in [1.29, 1.82) is 0 Å². The lowest BCUT2D eigenvalue weighted by molar-refractivity contribution is 0.0274. The third kappa shape index (κ3) is 5.43. The molecule has 24 heavy (non-hydrogen) atoms. The Balaban J connectivity index is 1.97. The molecular weight excluding hydrogens is 330 g/mol. The fourth-order valence-corrected chi connectivity index (χ4v) is 2.61. The van der Waals surface area contributed by atoms with Gasteiger partial charge in [0.25, 0.3) is 0 Å². The van der Waals surface area contributed by atoms with Gasteiger partial charge in [-0.1, -0.05) is 11.8 Å². The minimum Gasteiger partial charge on any atom is -0.478 e. The molecule has 1 aliphatic heterocycles. The summed E-state index contributed by atoms with van der Waals surface area (Å²) in [4.78, 5) is 22.4. The van der Waals surface area contributed by atoms with Gasteiger partial charge in [0.2, 0.25) is 11.8 Å². The first-order valence-electron chi connectivity index (χ1n) is 8.01. The predicted molar refractivity (Wildman–Crippen MR) is 91.8 cm³/mol. The smallest absolute Gasteiger partial charge is 0.410 e. The molecule has 1 aliphatic rings. The topological polar surface area (TPSA) is 73.8 Å². The molecule has 1 amide bonds. The summed E-state index contributed by atoms with van der Waals surface area (Å²) >= 11 is 1.43. The van der Waals surface area contributed by atoms with E-state index >= 15 is 0 Å². The Kier molecular flexibility index (Phi) is 6.15. The second kappa shape index (κ2) is 7.92. The van der Waals surface area contributed by atoms with E-state index in [4.69, 9.17) is 14.2 Å². The first kappa shape index (κ1) is 18.6. The highest BCUT2D eigenvalue weighted by atomic mass is 32.2. The molecule has 1 aromatic heterocycles. The van der Waals surface area contributed by atoms with Crippen LogP contribution in [-0.4, -0.2) is 58.6 Å². The number of ether oxygens (including phenoxy) is 3. The molecule has 1 aromatic rings. The molecule has 0 N–H and O–H groups in total. The number of aromatic nitrogens is 2. The summed E-state index contributed by atoms with van der Waals surface area (Å²) in [6.45, 7) is 9.09. The first-order chi connectivity index (χ1) is 11.3. The van der Waals surface area contributed by atoms with Crippen LogP contribution in [0.3, 0.4) is 0 Å². The fourth-order valence-electron chi connectivity index (χ4n) is 2.24. The molecule has 0 saturated carbocycles. The van der Waals surface area contributed by atoms with Crippen LogP contribution >= 0.6 is 11.8 Å². The van der Waals surface area contributed by atoms with Crippen LogP contribution in [-0.2, 0) is 4.74 Å². The van der Waals surface area contributed by atoms with E-state index in [0.29, 0.717) is 36.6 Å². The van der Waals surface area contributed by atoms with Crippen molar-refractivity contribution in [3.63, 3.8) is 0 Å². The van der Waals surface area contributed by atoms with E-state index in [-0.39, 0.29) is 12.2 Å². The van der Waals surface area contributed by atoms with E-state index in [1.807, 2.05) is 34.0 Å². The lowest BCUT2D eigenvalue weighted by Crippen LogP contribution is -2.36. The number of carbonyl (C=O) groups is 1. The average molecular weight is 355 g/mol. The van der Waals surface area contributed by atoms with Gasteiger partial charge < -0.3 is 19.1 Å². The molecule has 1 saturated heterocycles. The predicted octanol–water partition coefficient (Wildman–Crippen LogP) is 2.99. The van der Waals surface area contributed by atoms with Gasteiger partial charge in [-0.3, -0.25) is 0 Å². The zero-order valence-corrected chi connectivity index (χ0v) is 15.7. The van der Waals surface area contributed by atoms with Crippen LogP contribution in [0.2, 0.25) is 0 Å². The molecule has 2 rings (SSSR count). The minimum atomic E-state index is -0.498. The first-order valence-corrected chi connectivity index (χ1v) is 9.23. The summed E-state index contributed by atoms with van der Waals surface area (Å²) in [5.74, 6) is 0.961. The number of nitrogens with zero attached hydrogens (tertiary/aromatic N) is 3. The molecule has 8 heteroatoms. The van der Waals surface area contributed by atoms with Crippen molar-refractivity contribution in [2.24, 2.45) is 0 Å². The van der Waals surface area contributed by atoms with Gasteiger partial charge >= 0.3 is 6.09 Å². The molecule has 1 fully saturated rings. The van der Waals surface area contributed by atoms with E-state index in [9.17, 15) is 4.79 Å². The molecule has 0 radical (unpaired) electrons. The van der Waals surface area contributed by atoms with E-state index in [1.165, 1.54) is 11.8 Å². The Morgan fingerprint density at radius 3 is 2.71 bits per heavy atom. The number of likely N-dealkylation sites (tertiary alicyclic amines) is 1. The van der Waals surface area contributed by atoms with Gasteiger partial charge in [-0.25, -0.2) is 4.79 Å². The number of hydrogen-bond acceptors (Lipinski definition) is 7. The largest absolute Gasteiger partial charge is 0.478 e. The Hall–Kier alpha value is -1.70. The Labute approximate surface area is 147 Å². The highest BCUT2D eigenvalue weighted by Gasteiger charge is 2.31. The van der Waals surface area contributed by atoms with Crippen LogP contribution in [0.1, 0.15) is 34.1 Å². The Morgan fingerprint density at radius 2 is 2.08 bits per heavy atom. The van der Waals surface area contributed by atoms with Gasteiger partial charge in [0.15, 0.2) is 5.16 Å². The van der Waals surface area contributed by atoms with Gasteiger partial charge in [0.05, 0.1) is 19.2 Å². The second-order valence-corrected chi connectivity index (χ2v) is 7.19. The molecule has 0 spiro atoms. The highest BCUT2D eigenvalue weighted by Crippen LogP contribution is 2.24. The quantitative estimate of drug-likeness (QED) is 0.594. The fraction of sp³-hybridized carbons (Fsp3) is 0.688. The molecule has 1 atom stereocenters. The summed E-state index contributed by atoms with van der Waals surface area (Å²) in [7, 11) is 0. The van der Waals surface area contributed by atoms with E-state index in [1.54, 1.807) is 11.0 Å². The van der Waals surface area contributed by atoms with Crippen molar-refractivity contribution < 1.29 is 19.0 Å². The number of amides is 1. The van der Waals surface area contributed by atoms with Crippen molar-refractivity contribution in [1.82, 2.24) is 14.9 Å². The van der Waals surface area contributed by atoms with Crippen molar-refractivity contribution in [2.45, 2.75) is 51.0 Å².